The third kappa shape index (κ3) is 4.45. The number of carbonyl (C=O) groups is 2. The second kappa shape index (κ2) is 7.25. The number of amides is 2. The highest BCUT2D eigenvalue weighted by Crippen LogP contribution is 2.34. The van der Waals surface area contributed by atoms with Crippen molar-refractivity contribution in [2.45, 2.75) is 38.8 Å². The molecule has 0 radical (unpaired) electrons. The van der Waals surface area contributed by atoms with Gasteiger partial charge in [0.25, 0.3) is 0 Å². The monoisotopic (exact) mass is 300 g/mol. The van der Waals surface area contributed by atoms with Gasteiger partial charge >= 0.3 is 0 Å². The fourth-order valence-electron chi connectivity index (χ4n) is 2.46. The van der Waals surface area contributed by atoms with Gasteiger partial charge in [-0.2, -0.15) is 0 Å². The predicted molar refractivity (Wildman–Crippen MR) is 88.0 cm³/mol. The van der Waals surface area contributed by atoms with Crippen LogP contribution < -0.4 is 5.32 Å². The van der Waals surface area contributed by atoms with E-state index in [4.69, 9.17) is 0 Å². The SMILES string of the molecule is C[C@H](NC(=O)/C=C/c1ccccc1)C(=O)N(C)[C@H](C)C1CC1. The molecule has 1 fully saturated rings. The molecular formula is C18H24N2O2. The molecule has 0 aromatic heterocycles. The van der Waals surface area contributed by atoms with E-state index in [1.807, 2.05) is 37.4 Å². The number of likely N-dealkylation sites (N-methyl/N-ethyl adjacent to an activating group) is 1. The van der Waals surface area contributed by atoms with E-state index in [2.05, 4.69) is 12.2 Å². The first-order valence-corrected chi connectivity index (χ1v) is 7.79. The van der Waals surface area contributed by atoms with Crippen molar-refractivity contribution in [3.63, 3.8) is 0 Å². The summed E-state index contributed by atoms with van der Waals surface area (Å²) in [7, 11) is 1.81. The number of rotatable bonds is 6. The van der Waals surface area contributed by atoms with Crippen LogP contribution in [0.4, 0.5) is 0 Å². The van der Waals surface area contributed by atoms with E-state index in [1.54, 1.807) is 17.9 Å². The van der Waals surface area contributed by atoms with Crippen LogP contribution in [0, 0.1) is 5.92 Å². The van der Waals surface area contributed by atoms with Crippen LogP contribution in [-0.2, 0) is 9.59 Å². The number of nitrogens with one attached hydrogen (secondary N) is 1. The van der Waals surface area contributed by atoms with Crippen LogP contribution in [0.2, 0.25) is 0 Å². The highest BCUT2D eigenvalue weighted by Gasteiger charge is 2.33. The summed E-state index contributed by atoms with van der Waals surface area (Å²) < 4.78 is 0. The molecule has 1 aliphatic rings. The molecule has 22 heavy (non-hydrogen) atoms. The van der Waals surface area contributed by atoms with Crippen molar-refractivity contribution >= 4 is 17.9 Å². The van der Waals surface area contributed by atoms with Crippen molar-refractivity contribution in [3.8, 4) is 0 Å². The van der Waals surface area contributed by atoms with Gasteiger partial charge in [0.15, 0.2) is 0 Å². The molecule has 1 aliphatic carbocycles. The number of hydrogen-bond donors (Lipinski definition) is 1. The van der Waals surface area contributed by atoms with E-state index < -0.39 is 6.04 Å². The number of carbonyl (C=O) groups excluding carboxylic acids is 2. The Kier molecular flexibility index (Phi) is 5.36. The fourth-order valence-corrected chi connectivity index (χ4v) is 2.46. The molecule has 2 rings (SSSR count). The molecule has 1 aromatic carbocycles. The van der Waals surface area contributed by atoms with Crippen molar-refractivity contribution in [2.75, 3.05) is 7.05 Å². The van der Waals surface area contributed by atoms with Crippen LogP contribution in [0.3, 0.4) is 0 Å². The minimum atomic E-state index is -0.515. The van der Waals surface area contributed by atoms with Gasteiger partial charge in [0.1, 0.15) is 6.04 Å². The van der Waals surface area contributed by atoms with Crippen LogP contribution in [0.15, 0.2) is 36.4 Å². The molecule has 0 spiro atoms. The minimum absolute atomic E-state index is 0.0409. The van der Waals surface area contributed by atoms with Crippen LogP contribution >= 0.6 is 0 Å². The Hall–Kier alpha value is -2.10. The van der Waals surface area contributed by atoms with E-state index in [1.165, 1.54) is 18.9 Å². The lowest BCUT2D eigenvalue weighted by molar-refractivity contribution is -0.135. The van der Waals surface area contributed by atoms with Gasteiger partial charge in [0.05, 0.1) is 0 Å². The molecule has 4 nitrogen and oxygen atoms in total. The van der Waals surface area contributed by atoms with Crippen molar-refractivity contribution in [1.82, 2.24) is 10.2 Å². The molecule has 0 aliphatic heterocycles. The quantitative estimate of drug-likeness (QED) is 0.821. The third-order valence-corrected chi connectivity index (χ3v) is 4.22. The largest absolute Gasteiger partial charge is 0.341 e. The van der Waals surface area contributed by atoms with Crippen molar-refractivity contribution in [1.29, 1.82) is 0 Å². The molecule has 1 aromatic rings. The first-order chi connectivity index (χ1) is 10.5. The maximum atomic E-state index is 12.3. The molecule has 4 heteroatoms. The van der Waals surface area contributed by atoms with E-state index in [0.717, 1.165) is 5.56 Å². The van der Waals surface area contributed by atoms with Crippen LogP contribution in [0.1, 0.15) is 32.3 Å². The van der Waals surface area contributed by atoms with Gasteiger partial charge in [-0.15, -0.1) is 0 Å². The molecule has 1 N–H and O–H groups in total. The average Bonchev–Trinajstić information content (AvgIpc) is 3.36. The Bertz CT molecular complexity index is 549. The second-order valence-corrected chi connectivity index (χ2v) is 6.00. The molecule has 0 heterocycles. The van der Waals surface area contributed by atoms with Crippen molar-refractivity contribution < 1.29 is 9.59 Å². The molecule has 0 saturated heterocycles. The summed E-state index contributed by atoms with van der Waals surface area (Å²) in [6.07, 6.45) is 5.59. The molecular weight excluding hydrogens is 276 g/mol. The maximum Gasteiger partial charge on any atom is 0.244 e. The molecule has 1 saturated carbocycles. The topological polar surface area (TPSA) is 49.4 Å². The molecule has 2 atom stereocenters. The van der Waals surface area contributed by atoms with E-state index >= 15 is 0 Å². The highest BCUT2D eigenvalue weighted by molar-refractivity contribution is 5.95. The lowest BCUT2D eigenvalue weighted by Gasteiger charge is -2.27. The molecule has 2 amide bonds. The smallest absolute Gasteiger partial charge is 0.244 e. The van der Waals surface area contributed by atoms with Gasteiger partial charge in [-0.3, -0.25) is 9.59 Å². The summed E-state index contributed by atoms with van der Waals surface area (Å²) in [6.45, 7) is 3.80. The zero-order valence-corrected chi connectivity index (χ0v) is 13.5. The van der Waals surface area contributed by atoms with Gasteiger partial charge in [-0.25, -0.2) is 0 Å². The van der Waals surface area contributed by atoms with Gasteiger partial charge in [-0.1, -0.05) is 30.3 Å². The minimum Gasteiger partial charge on any atom is -0.341 e. The summed E-state index contributed by atoms with van der Waals surface area (Å²) in [5, 5.41) is 2.73. The molecule has 0 bridgehead atoms. The van der Waals surface area contributed by atoms with Crippen LogP contribution in [-0.4, -0.2) is 35.8 Å². The second-order valence-electron chi connectivity index (χ2n) is 6.00. The highest BCUT2D eigenvalue weighted by atomic mass is 16.2. The van der Waals surface area contributed by atoms with Gasteiger partial charge in [0, 0.05) is 19.2 Å². The average molecular weight is 300 g/mol. The lowest BCUT2D eigenvalue weighted by atomic mass is 10.1. The first kappa shape index (κ1) is 16.3. The standard InChI is InChI=1S/C18H24N2O2/c1-13(18(22)20(3)14(2)16-10-11-16)19-17(21)12-9-15-7-5-4-6-8-15/h4-9,12-14,16H,10-11H2,1-3H3,(H,19,21)/b12-9+/t13-,14+/m0/s1. The summed E-state index contributed by atoms with van der Waals surface area (Å²) in [4.78, 5) is 26.0. The van der Waals surface area contributed by atoms with E-state index in [-0.39, 0.29) is 17.9 Å². The third-order valence-electron chi connectivity index (χ3n) is 4.22. The zero-order valence-electron chi connectivity index (χ0n) is 13.5. The predicted octanol–water partition coefficient (Wildman–Crippen LogP) is 2.46. The fraction of sp³-hybridized carbons (Fsp3) is 0.444. The number of hydrogen-bond acceptors (Lipinski definition) is 2. The van der Waals surface area contributed by atoms with Crippen molar-refractivity contribution in [3.05, 3.63) is 42.0 Å². The summed E-state index contributed by atoms with van der Waals surface area (Å²) >= 11 is 0. The first-order valence-electron chi connectivity index (χ1n) is 7.79. The van der Waals surface area contributed by atoms with Gasteiger partial charge in [0.2, 0.25) is 11.8 Å². The maximum absolute atomic E-state index is 12.3. The number of benzene rings is 1. The lowest BCUT2D eigenvalue weighted by Crippen LogP contribution is -2.48. The van der Waals surface area contributed by atoms with E-state index in [9.17, 15) is 9.59 Å². The Morgan fingerprint density at radius 3 is 2.45 bits per heavy atom. The Labute approximate surface area is 132 Å². The Morgan fingerprint density at radius 1 is 1.23 bits per heavy atom. The summed E-state index contributed by atoms with van der Waals surface area (Å²) in [5.41, 5.74) is 0.955. The number of nitrogens with zero attached hydrogens (tertiary/aromatic N) is 1. The normalized spacial score (nSPS) is 17.0. The summed E-state index contributed by atoms with van der Waals surface area (Å²) in [6, 6.07) is 9.32. The van der Waals surface area contributed by atoms with Crippen molar-refractivity contribution in [2.24, 2.45) is 5.92 Å². The summed E-state index contributed by atoms with van der Waals surface area (Å²) in [5.74, 6) is 0.327. The zero-order chi connectivity index (χ0) is 16.1. The van der Waals surface area contributed by atoms with Crippen LogP contribution in [0.5, 0.6) is 0 Å². The molecule has 118 valence electrons. The van der Waals surface area contributed by atoms with E-state index in [0.29, 0.717) is 5.92 Å². The van der Waals surface area contributed by atoms with Crippen LogP contribution in [0.25, 0.3) is 6.08 Å². The van der Waals surface area contributed by atoms with Gasteiger partial charge in [-0.05, 0) is 44.2 Å². The van der Waals surface area contributed by atoms with Gasteiger partial charge < -0.3 is 10.2 Å². The Balaban J connectivity index is 1.85. The molecule has 0 unspecified atom stereocenters. The Morgan fingerprint density at radius 2 is 1.86 bits per heavy atom.